The summed E-state index contributed by atoms with van der Waals surface area (Å²) in [5.74, 6) is 0.160. The lowest BCUT2D eigenvalue weighted by Crippen LogP contribution is -2.14. The van der Waals surface area contributed by atoms with Crippen LogP contribution in [0.2, 0.25) is 0 Å². The van der Waals surface area contributed by atoms with Crippen LogP contribution in [0.1, 0.15) is 12.5 Å². The van der Waals surface area contributed by atoms with Crippen molar-refractivity contribution in [1.82, 2.24) is 25.0 Å². The van der Waals surface area contributed by atoms with Crippen molar-refractivity contribution in [2.45, 2.75) is 25.4 Å². The molecule has 1 amide bonds. The van der Waals surface area contributed by atoms with Gasteiger partial charge in [0.2, 0.25) is 5.91 Å². The van der Waals surface area contributed by atoms with Gasteiger partial charge < -0.3 is 5.32 Å². The van der Waals surface area contributed by atoms with E-state index in [0.29, 0.717) is 22.7 Å². The molecule has 23 heavy (non-hydrogen) atoms. The van der Waals surface area contributed by atoms with E-state index in [4.69, 9.17) is 0 Å². The van der Waals surface area contributed by atoms with E-state index in [1.54, 1.807) is 4.68 Å². The van der Waals surface area contributed by atoms with Crippen LogP contribution in [-0.2, 0) is 11.3 Å². The fourth-order valence-corrected chi connectivity index (χ4v) is 2.79. The van der Waals surface area contributed by atoms with Crippen LogP contribution >= 0.6 is 11.8 Å². The number of benzene rings is 1. The summed E-state index contributed by atoms with van der Waals surface area (Å²) in [7, 11) is 0. The van der Waals surface area contributed by atoms with Crippen molar-refractivity contribution in [3.63, 3.8) is 0 Å². The maximum absolute atomic E-state index is 12.1. The molecule has 0 aliphatic heterocycles. The molecule has 0 saturated carbocycles. The average Bonchev–Trinajstić information content (AvgIpc) is 2.99. The Balaban J connectivity index is 1.67. The highest BCUT2D eigenvalue weighted by molar-refractivity contribution is 8.00. The molecule has 0 aliphatic carbocycles. The van der Waals surface area contributed by atoms with Crippen molar-refractivity contribution in [2.75, 3.05) is 11.1 Å². The second-order valence-corrected chi connectivity index (χ2v) is 5.92. The smallest absolute Gasteiger partial charge is 0.234 e. The molecule has 0 atom stereocenters. The van der Waals surface area contributed by atoms with Gasteiger partial charge in [-0.15, -0.1) is 5.10 Å². The van der Waals surface area contributed by atoms with Crippen LogP contribution in [-0.4, -0.2) is 36.6 Å². The summed E-state index contributed by atoms with van der Waals surface area (Å²) in [6.07, 6.45) is 1.47. The van der Waals surface area contributed by atoms with Crippen molar-refractivity contribution < 1.29 is 4.79 Å². The lowest BCUT2D eigenvalue weighted by molar-refractivity contribution is -0.113. The Morgan fingerprint density at radius 3 is 2.78 bits per heavy atom. The predicted molar refractivity (Wildman–Crippen MR) is 89.3 cm³/mol. The van der Waals surface area contributed by atoms with E-state index in [-0.39, 0.29) is 11.7 Å². The molecule has 0 bridgehead atoms. The monoisotopic (exact) mass is 328 g/mol. The minimum atomic E-state index is -0.0894. The molecule has 8 heteroatoms. The van der Waals surface area contributed by atoms with Crippen molar-refractivity contribution in [3.8, 4) is 0 Å². The number of nitrogens with one attached hydrogen (secondary N) is 1. The molecule has 0 radical (unpaired) electrons. The van der Waals surface area contributed by atoms with Gasteiger partial charge >= 0.3 is 0 Å². The fraction of sp³-hybridized carbons (Fsp3) is 0.267. The van der Waals surface area contributed by atoms with Crippen molar-refractivity contribution in [2.24, 2.45) is 0 Å². The van der Waals surface area contributed by atoms with Gasteiger partial charge in [-0.05, 0) is 26.0 Å². The van der Waals surface area contributed by atoms with E-state index in [1.807, 2.05) is 38.1 Å². The van der Waals surface area contributed by atoms with Crippen LogP contribution in [0.15, 0.2) is 35.6 Å². The fourth-order valence-electron chi connectivity index (χ4n) is 2.06. The Hall–Kier alpha value is -2.48. The average molecular weight is 328 g/mol. The molecule has 7 nitrogen and oxygen atoms in total. The van der Waals surface area contributed by atoms with E-state index >= 15 is 0 Å². The van der Waals surface area contributed by atoms with Gasteiger partial charge in [0.05, 0.1) is 5.75 Å². The van der Waals surface area contributed by atoms with Gasteiger partial charge in [-0.2, -0.15) is 0 Å². The molecule has 118 valence electrons. The summed E-state index contributed by atoms with van der Waals surface area (Å²) >= 11 is 1.33. The van der Waals surface area contributed by atoms with Crippen molar-refractivity contribution in [1.29, 1.82) is 0 Å². The first kappa shape index (κ1) is 15.4. The van der Waals surface area contributed by atoms with Crippen LogP contribution in [0, 0.1) is 6.92 Å². The first-order chi connectivity index (χ1) is 11.2. The number of fused-ring (bicyclic) bond motifs is 1. The third kappa shape index (κ3) is 3.48. The number of aromatic nitrogens is 5. The number of hydrogen-bond donors (Lipinski definition) is 1. The molecule has 2 aromatic heterocycles. The van der Waals surface area contributed by atoms with Gasteiger partial charge in [-0.3, -0.25) is 4.79 Å². The zero-order valence-corrected chi connectivity index (χ0v) is 13.7. The third-order valence-corrected chi connectivity index (χ3v) is 4.22. The summed E-state index contributed by atoms with van der Waals surface area (Å²) < 4.78 is 1.70. The molecule has 1 aromatic carbocycles. The summed E-state index contributed by atoms with van der Waals surface area (Å²) in [5, 5.41) is 11.6. The molecule has 0 unspecified atom stereocenters. The largest absolute Gasteiger partial charge is 0.325 e. The maximum atomic E-state index is 12.1. The van der Waals surface area contributed by atoms with Gasteiger partial charge in [0.15, 0.2) is 11.2 Å². The molecular weight excluding hydrogens is 312 g/mol. The highest BCUT2D eigenvalue weighted by Gasteiger charge is 2.13. The number of carbonyl (C=O) groups excluding carboxylic acids is 1. The summed E-state index contributed by atoms with van der Waals surface area (Å²) in [6, 6.07) is 7.68. The van der Waals surface area contributed by atoms with E-state index in [1.165, 1.54) is 18.1 Å². The van der Waals surface area contributed by atoms with Gasteiger partial charge in [0.1, 0.15) is 11.4 Å². The number of carbonyl (C=O) groups is 1. The van der Waals surface area contributed by atoms with Crippen LogP contribution in [0.5, 0.6) is 0 Å². The Morgan fingerprint density at radius 2 is 2.04 bits per heavy atom. The Bertz CT molecular complexity index is 830. The summed E-state index contributed by atoms with van der Waals surface area (Å²) in [6.45, 7) is 4.66. The molecule has 3 aromatic rings. The minimum absolute atomic E-state index is 0.0894. The van der Waals surface area contributed by atoms with Gasteiger partial charge in [-0.1, -0.05) is 34.7 Å². The Labute approximate surface area is 137 Å². The molecule has 3 rings (SSSR count). The van der Waals surface area contributed by atoms with Crippen LogP contribution in [0.25, 0.3) is 11.2 Å². The topological polar surface area (TPSA) is 85.6 Å². The number of hydrogen-bond acceptors (Lipinski definition) is 6. The Kier molecular flexibility index (Phi) is 4.52. The zero-order chi connectivity index (χ0) is 16.2. The third-order valence-electron chi connectivity index (χ3n) is 3.24. The number of anilines is 1. The minimum Gasteiger partial charge on any atom is -0.325 e. The number of nitrogens with zero attached hydrogens (tertiary/aromatic N) is 5. The van der Waals surface area contributed by atoms with E-state index < -0.39 is 0 Å². The lowest BCUT2D eigenvalue weighted by atomic mass is 10.2. The van der Waals surface area contributed by atoms with Crippen molar-refractivity contribution in [3.05, 3.63) is 36.2 Å². The first-order valence-corrected chi connectivity index (χ1v) is 8.19. The van der Waals surface area contributed by atoms with Crippen LogP contribution < -0.4 is 5.32 Å². The molecule has 2 heterocycles. The summed E-state index contributed by atoms with van der Waals surface area (Å²) in [4.78, 5) is 20.4. The standard InChI is InChI=1S/C15H16N6OS/c1-3-21-14-13(19-20-21)15(17-9-16-14)23-8-12(22)18-11-6-4-10(2)5-7-11/h4-7,9H,3,8H2,1-2H3,(H,18,22). The van der Waals surface area contributed by atoms with E-state index in [0.717, 1.165) is 11.3 Å². The molecular formula is C15H16N6OS. The maximum Gasteiger partial charge on any atom is 0.234 e. The quantitative estimate of drug-likeness (QED) is 0.571. The molecule has 0 spiro atoms. The number of rotatable bonds is 5. The number of amides is 1. The van der Waals surface area contributed by atoms with Crippen LogP contribution in [0.3, 0.4) is 0 Å². The summed E-state index contributed by atoms with van der Waals surface area (Å²) in [5.41, 5.74) is 3.25. The second kappa shape index (κ2) is 6.74. The number of aryl methyl sites for hydroxylation is 2. The lowest BCUT2D eigenvalue weighted by Gasteiger charge is -2.05. The van der Waals surface area contributed by atoms with Crippen molar-refractivity contribution >= 4 is 34.5 Å². The molecule has 1 N–H and O–H groups in total. The SMILES string of the molecule is CCn1nnc2c(SCC(=O)Nc3ccc(C)cc3)ncnc21. The Morgan fingerprint density at radius 1 is 1.26 bits per heavy atom. The predicted octanol–water partition coefficient (Wildman–Crippen LogP) is 2.28. The molecule has 0 aliphatic rings. The highest BCUT2D eigenvalue weighted by atomic mass is 32.2. The van der Waals surface area contributed by atoms with Crippen LogP contribution in [0.4, 0.5) is 5.69 Å². The molecule has 0 fully saturated rings. The van der Waals surface area contributed by atoms with Gasteiger partial charge in [-0.25, -0.2) is 14.6 Å². The highest BCUT2D eigenvalue weighted by Crippen LogP contribution is 2.22. The van der Waals surface area contributed by atoms with E-state index in [9.17, 15) is 4.79 Å². The first-order valence-electron chi connectivity index (χ1n) is 7.21. The number of thioether (sulfide) groups is 1. The van der Waals surface area contributed by atoms with Gasteiger partial charge in [0.25, 0.3) is 0 Å². The molecule has 0 saturated heterocycles. The zero-order valence-electron chi connectivity index (χ0n) is 12.9. The normalized spacial score (nSPS) is 10.9. The van der Waals surface area contributed by atoms with Gasteiger partial charge in [0, 0.05) is 12.2 Å². The van der Waals surface area contributed by atoms with E-state index in [2.05, 4.69) is 25.6 Å². The second-order valence-electron chi connectivity index (χ2n) is 4.96.